The Hall–Kier alpha value is -2.02. The maximum atomic E-state index is 3.62. The minimum absolute atomic E-state index is 0.440. The summed E-state index contributed by atoms with van der Waals surface area (Å²) in [5, 5.41) is 3.62. The molecule has 1 nitrogen and oxygen atoms in total. The number of para-hydroxylation sites is 1. The second-order valence-corrected chi connectivity index (χ2v) is 4.67. The topological polar surface area (TPSA) is 12.0 Å². The third-order valence-electron chi connectivity index (χ3n) is 3.42. The van der Waals surface area contributed by atoms with Crippen LogP contribution in [-0.2, 0) is 0 Å². The number of anilines is 1. The second kappa shape index (κ2) is 5.09. The first kappa shape index (κ1) is 11.1. The highest BCUT2D eigenvalue weighted by molar-refractivity contribution is 5.74. The van der Waals surface area contributed by atoms with Crippen molar-refractivity contribution in [1.82, 2.24) is 0 Å². The van der Waals surface area contributed by atoms with Crippen LogP contribution in [0.4, 0.5) is 5.69 Å². The first-order valence-corrected chi connectivity index (χ1v) is 6.50. The maximum absolute atomic E-state index is 3.62. The van der Waals surface area contributed by atoms with E-state index in [1.54, 1.807) is 0 Å². The van der Waals surface area contributed by atoms with Crippen LogP contribution in [0.5, 0.6) is 0 Å². The molecule has 0 aliphatic heterocycles. The van der Waals surface area contributed by atoms with Gasteiger partial charge in [0.25, 0.3) is 0 Å². The summed E-state index contributed by atoms with van der Waals surface area (Å²) < 4.78 is 0. The van der Waals surface area contributed by atoms with Gasteiger partial charge in [-0.15, -0.1) is 0 Å². The molecule has 0 aromatic heterocycles. The molecular weight excluding hydrogens is 218 g/mol. The third kappa shape index (κ3) is 2.30. The molecule has 0 amide bonds. The summed E-state index contributed by atoms with van der Waals surface area (Å²) in [6.45, 7) is 0. The molecule has 0 spiro atoms. The molecule has 90 valence electrons. The zero-order chi connectivity index (χ0) is 12.2. The van der Waals surface area contributed by atoms with Gasteiger partial charge in [-0.2, -0.15) is 0 Å². The van der Waals surface area contributed by atoms with Crippen molar-refractivity contribution in [2.45, 2.75) is 18.9 Å². The molecule has 0 saturated carbocycles. The van der Waals surface area contributed by atoms with Gasteiger partial charge in [0.15, 0.2) is 0 Å². The van der Waals surface area contributed by atoms with Gasteiger partial charge in [0, 0.05) is 5.69 Å². The predicted molar refractivity (Wildman–Crippen MR) is 77.5 cm³/mol. The average molecular weight is 235 g/mol. The molecular formula is C17H17N. The van der Waals surface area contributed by atoms with Gasteiger partial charge in [0.1, 0.15) is 0 Å². The number of hydrogen-bond acceptors (Lipinski definition) is 1. The van der Waals surface area contributed by atoms with E-state index < -0.39 is 0 Å². The zero-order valence-electron chi connectivity index (χ0n) is 10.3. The molecule has 2 aromatic rings. The van der Waals surface area contributed by atoms with Crippen LogP contribution in [0, 0.1) is 0 Å². The summed E-state index contributed by atoms with van der Waals surface area (Å²) in [4.78, 5) is 0. The number of nitrogens with one attached hydrogen (secondary N) is 1. The Balaban J connectivity index is 1.80. The van der Waals surface area contributed by atoms with Crippen molar-refractivity contribution >= 4 is 11.3 Å². The lowest BCUT2D eigenvalue weighted by molar-refractivity contribution is 0.835. The van der Waals surface area contributed by atoms with Gasteiger partial charge >= 0.3 is 0 Å². The summed E-state index contributed by atoms with van der Waals surface area (Å²) in [5.74, 6) is 0. The fraction of sp³-hybridized carbons (Fsp3) is 0.176. The molecule has 1 heteroatoms. The summed E-state index contributed by atoms with van der Waals surface area (Å²) in [7, 11) is 0. The maximum Gasteiger partial charge on any atom is 0.0519 e. The molecule has 1 N–H and O–H groups in total. The Kier molecular flexibility index (Phi) is 3.14. The molecule has 1 unspecified atom stereocenters. The van der Waals surface area contributed by atoms with Crippen LogP contribution in [0.1, 0.15) is 18.4 Å². The smallest absolute Gasteiger partial charge is 0.0519 e. The molecule has 0 radical (unpaired) electrons. The van der Waals surface area contributed by atoms with E-state index in [1.165, 1.54) is 23.2 Å². The van der Waals surface area contributed by atoms with Crippen LogP contribution in [0.25, 0.3) is 5.57 Å². The number of hydrogen-bond donors (Lipinski definition) is 1. The Morgan fingerprint density at radius 1 is 0.833 bits per heavy atom. The van der Waals surface area contributed by atoms with E-state index >= 15 is 0 Å². The fourth-order valence-electron chi connectivity index (χ4n) is 2.54. The van der Waals surface area contributed by atoms with Gasteiger partial charge in [-0.05, 0) is 36.1 Å². The highest BCUT2D eigenvalue weighted by Gasteiger charge is 2.19. The molecule has 1 atom stereocenters. The van der Waals surface area contributed by atoms with E-state index in [-0.39, 0.29) is 0 Å². The largest absolute Gasteiger partial charge is 0.378 e. The van der Waals surface area contributed by atoms with Crippen LogP contribution in [0.3, 0.4) is 0 Å². The molecule has 3 rings (SSSR count). The Morgan fingerprint density at radius 3 is 2.22 bits per heavy atom. The lowest BCUT2D eigenvalue weighted by atomic mass is 10.0. The van der Waals surface area contributed by atoms with Crippen LogP contribution in [-0.4, -0.2) is 6.04 Å². The molecule has 0 saturated heterocycles. The molecule has 0 bridgehead atoms. The Bertz CT molecular complexity index is 528. The molecule has 1 aliphatic rings. The number of benzene rings is 2. The molecule has 0 fully saturated rings. The fourth-order valence-corrected chi connectivity index (χ4v) is 2.54. The van der Waals surface area contributed by atoms with Gasteiger partial charge < -0.3 is 5.32 Å². The van der Waals surface area contributed by atoms with Crippen molar-refractivity contribution in [3.8, 4) is 0 Å². The van der Waals surface area contributed by atoms with Gasteiger partial charge in [-0.3, -0.25) is 0 Å². The van der Waals surface area contributed by atoms with E-state index in [4.69, 9.17) is 0 Å². The monoisotopic (exact) mass is 235 g/mol. The Labute approximate surface area is 108 Å². The summed E-state index contributed by atoms with van der Waals surface area (Å²) in [5.41, 5.74) is 3.97. The highest BCUT2D eigenvalue weighted by atomic mass is 14.9. The van der Waals surface area contributed by atoms with Gasteiger partial charge in [-0.25, -0.2) is 0 Å². The van der Waals surface area contributed by atoms with E-state index in [0.29, 0.717) is 6.04 Å². The van der Waals surface area contributed by atoms with Crippen LogP contribution < -0.4 is 5.32 Å². The Morgan fingerprint density at radius 2 is 1.50 bits per heavy atom. The summed E-state index contributed by atoms with van der Waals surface area (Å²) in [6, 6.07) is 21.5. The van der Waals surface area contributed by atoms with Crippen molar-refractivity contribution in [3.05, 3.63) is 72.3 Å². The molecule has 2 aromatic carbocycles. The van der Waals surface area contributed by atoms with E-state index in [2.05, 4.69) is 66.0 Å². The minimum Gasteiger partial charge on any atom is -0.378 e. The predicted octanol–water partition coefficient (Wildman–Crippen LogP) is 4.34. The minimum atomic E-state index is 0.440. The quantitative estimate of drug-likeness (QED) is 0.834. The van der Waals surface area contributed by atoms with Crippen molar-refractivity contribution in [1.29, 1.82) is 0 Å². The van der Waals surface area contributed by atoms with E-state index in [0.717, 1.165) is 6.42 Å². The molecule has 1 aliphatic carbocycles. The lowest BCUT2D eigenvalue weighted by Gasteiger charge is -2.18. The first-order chi connectivity index (χ1) is 8.93. The average Bonchev–Trinajstić information content (AvgIpc) is 2.89. The normalized spacial score (nSPS) is 18.4. The van der Waals surface area contributed by atoms with E-state index in [1.807, 2.05) is 6.07 Å². The van der Waals surface area contributed by atoms with Crippen molar-refractivity contribution < 1.29 is 0 Å². The second-order valence-electron chi connectivity index (χ2n) is 4.67. The van der Waals surface area contributed by atoms with Crippen molar-refractivity contribution in [2.75, 3.05) is 5.32 Å². The van der Waals surface area contributed by atoms with Gasteiger partial charge in [-0.1, -0.05) is 54.6 Å². The first-order valence-electron chi connectivity index (χ1n) is 6.50. The summed E-state index contributed by atoms with van der Waals surface area (Å²) >= 11 is 0. The van der Waals surface area contributed by atoms with Crippen LogP contribution >= 0.6 is 0 Å². The molecule has 0 heterocycles. The molecule has 18 heavy (non-hydrogen) atoms. The van der Waals surface area contributed by atoms with Crippen molar-refractivity contribution in [3.63, 3.8) is 0 Å². The van der Waals surface area contributed by atoms with Crippen LogP contribution in [0.15, 0.2) is 66.7 Å². The van der Waals surface area contributed by atoms with Crippen molar-refractivity contribution in [2.24, 2.45) is 0 Å². The van der Waals surface area contributed by atoms with Crippen LogP contribution in [0.2, 0.25) is 0 Å². The summed E-state index contributed by atoms with van der Waals surface area (Å²) in [6.07, 6.45) is 4.70. The number of rotatable bonds is 3. The van der Waals surface area contributed by atoms with Gasteiger partial charge in [0.2, 0.25) is 0 Å². The van der Waals surface area contributed by atoms with Gasteiger partial charge in [0.05, 0.1) is 6.04 Å². The zero-order valence-corrected chi connectivity index (χ0v) is 10.3. The third-order valence-corrected chi connectivity index (χ3v) is 3.42. The lowest BCUT2D eigenvalue weighted by Crippen LogP contribution is -2.17. The highest BCUT2D eigenvalue weighted by Crippen LogP contribution is 2.30. The SMILES string of the molecule is C1=C(c2ccccc2)C(Nc2ccccc2)CC1. The number of allylic oxidation sites excluding steroid dienone is 1. The van der Waals surface area contributed by atoms with E-state index in [9.17, 15) is 0 Å². The standard InChI is InChI=1S/C17H17N/c1-3-8-14(9-4-1)16-12-7-13-17(16)18-15-10-5-2-6-11-15/h1-6,8-12,17-18H,7,13H2.